The van der Waals surface area contributed by atoms with Crippen molar-refractivity contribution in [3.63, 3.8) is 0 Å². The summed E-state index contributed by atoms with van der Waals surface area (Å²) in [5.74, 6) is -1.02. The molecule has 2 rings (SSSR count). The first kappa shape index (κ1) is 15.0. The van der Waals surface area contributed by atoms with Crippen molar-refractivity contribution in [1.82, 2.24) is 4.90 Å². The first-order chi connectivity index (χ1) is 9.52. The molecule has 0 spiro atoms. The van der Waals surface area contributed by atoms with Crippen LogP contribution in [0.15, 0.2) is 18.2 Å². The second-order valence-electron chi connectivity index (χ2n) is 4.64. The van der Waals surface area contributed by atoms with Crippen molar-refractivity contribution in [3.05, 3.63) is 34.6 Å². The van der Waals surface area contributed by atoms with E-state index < -0.39 is 23.9 Å². The zero-order valence-electron chi connectivity index (χ0n) is 10.6. The van der Waals surface area contributed by atoms with E-state index >= 15 is 0 Å². The number of carboxylic acid groups (broad SMARTS) is 1. The smallest absolute Gasteiger partial charge is 0.407 e. The second-order valence-corrected chi connectivity index (χ2v) is 5.04. The fraction of sp³-hybridized carbons (Fsp3) is 0.462. The number of amides is 1. The molecule has 110 valence electrons. The third-order valence-electron chi connectivity index (χ3n) is 3.32. The van der Waals surface area contributed by atoms with Crippen LogP contribution >= 0.6 is 11.6 Å². The highest BCUT2D eigenvalue weighted by atomic mass is 35.5. The fourth-order valence-corrected chi connectivity index (χ4v) is 2.40. The summed E-state index contributed by atoms with van der Waals surface area (Å²) in [4.78, 5) is 12.2. The molecule has 1 aromatic rings. The summed E-state index contributed by atoms with van der Waals surface area (Å²) >= 11 is 5.64. The van der Waals surface area contributed by atoms with E-state index in [0.717, 1.165) is 0 Å². The van der Waals surface area contributed by atoms with E-state index in [2.05, 4.69) is 0 Å². The van der Waals surface area contributed by atoms with Gasteiger partial charge in [-0.3, -0.25) is 0 Å². The van der Waals surface area contributed by atoms with Gasteiger partial charge < -0.3 is 19.8 Å². The van der Waals surface area contributed by atoms with Gasteiger partial charge >= 0.3 is 6.09 Å². The van der Waals surface area contributed by atoms with Crippen molar-refractivity contribution in [2.75, 3.05) is 26.3 Å². The van der Waals surface area contributed by atoms with Gasteiger partial charge in [-0.15, -0.1) is 0 Å². The summed E-state index contributed by atoms with van der Waals surface area (Å²) in [6.45, 7) is 0.301. The Bertz CT molecular complexity index is 499. The van der Waals surface area contributed by atoms with Crippen molar-refractivity contribution < 1.29 is 24.1 Å². The zero-order chi connectivity index (χ0) is 14.7. The van der Waals surface area contributed by atoms with Crippen LogP contribution in [0.5, 0.6) is 0 Å². The number of nitrogens with zero attached hydrogens (tertiary/aromatic N) is 1. The number of rotatable bonds is 2. The van der Waals surface area contributed by atoms with E-state index in [1.54, 1.807) is 6.07 Å². The number of benzene rings is 1. The Labute approximate surface area is 120 Å². The molecule has 1 fully saturated rings. The minimum atomic E-state index is -1.06. The van der Waals surface area contributed by atoms with E-state index in [-0.39, 0.29) is 31.3 Å². The molecule has 0 aliphatic carbocycles. The van der Waals surface area contributed by atoms with Gasteiger partial charge in [-0.1, -0.05) is 17.7 Å². The van der Waals surface area contributed by atoms with Gasteiger partial charge in [-0.25, -0.2) is 9.18 Å². The lowest BCUT2D eigenvalue weighted by Crippen LogP contribution is -2.36. The van der Waals surface area contributed by atoms with Crippen LogP contribution in [0.1, 0.15) is 11.7 Å². The molecule has 1 aliphatic heterocycles. The first-order valence-electron chi connectivity index (χ1n) is 6.18. The molecule has 0 bridgehead atoms. The van der Waals surface area contributed by atoms with Crippen molar-refractivity contribution in [2.45, 2.75) is 6.10 Å². The monoisotopic (exact) mass is 303 g/mol. The number of aliphatic hydroxyl groups is 1. The number of hydrogen-bond acceptors (Lipinski definition) is 3. The molecule has 1 aromatic carbocycles. The Morgan fingerprint density at radius 1 is 1.55 bits per heavy atom. The average molecular weight is 304 g/mol. The van der Waals surface area contributed by atoms with Crippen LogP contribution in [0.25, 0.3) is 0 Å². The Kier molecular flexibility index (Phi) is 4.80. The summed E-state index contributed by atoms with van der Waals surface area (Å²) in [7, 11) is 0. The average Bonchev–Trinajstić information content (AvgIpc) is 2.64. The highest BCUT2D eigenvalue weighted by Gasteiger charge is 2.31. The van der Waals surface area contributed by atoms with Gasteiger partial charge in [0.05, 0.1) is 24.3 Å². The summed E-state index contributed by atoms with van der Waals surface area (Å²) in [5.41, 5.74) is 0.540. The lowest BCUT2D eigenvalue weighted by molar-refractivity contribution is 0.0112. The lowest BCUT2D eigenvalue weighted by Gasteiger charge is -2.25. The van der Waals surface area contributed by atoms with Gasteiger partial charge in [0.2, 0.25) is 0 Å². The molecule has 1 amide bonds. The Balaban J connectivity index is 2.24. The van der Waals surface area contributed by atoms with Gasteiger partial charge in [-0.2, -0.15) is 0 Å². The van der Waals surface area contributed by atoms with Crippen LogP contribution in [-0.2, 0) is 4.74 Å². The van der Waals surface area contributed by atoms with E-state index in [1.807, 2.05) is 0 Å². The molecule has 2 atom stereocenters. The molecule has 1 saturated heterocycles. The molecular formula is C13H15ClFNO4. The van der Waals surface area contributed by atoms with Gasteiger partial charge in [0.15, 0.2) is 0 Å². The third kappa shape index (κ3) is 3.20. The minimum absolute atomic E-state index is 0.00934. The van der Waals surface area contributed by atoms with Gasteiger partial charge in [0, 0.05) is 19.0 Å². The predicted molar refractivity (Wildman–Crippen MR) is 70.3 cm³/mol. The summed E-state index contributed by atoms with van der Waals surface area (Å²) in [6.07, 6.45) is -1.62. The van der Waals surface area contributed by atoms with Crippen LogP contribution in [0.4, 0.5) is 9.18 Å². The molecule has 0 unspecified atom stereocenters. The Morgan fingerprint density at radius 3 is 2.90 bits per heavy atom. The highest BCUT2D eigenvalue weighted by molar-refractivity contribution is 6.30. The molecule has 5 nitrogen and oxygen atoms in total. The summed E-state index contributed by atoms with van der Waals surface area (Å²) in [5, 5.41) is 18.5. The van der Waals surface area contributed by atoms with E-state index in [9.17, 15) is 14.3 Å². The predicted octanol–water partition coefficient (Wildman–Crippen LogP) is 2.14. The van der Waals surface area contributed by atoms with Gasteiger partial charge in [0.25, 0.3) is 0 Å². The molecule has 0 saturated carbocycles. The fourth-order valence-electron chi connectivity index (χ4n) is 2.28. The van der Waals surface area contributed by atoms with E-state index in [1.165, 1.54) is 17.0 Å². The number of ether oxygens (including phenoxy) is 1. The summed E-state index contributed by atoms with van der Waals surface area (Å²) in [6, 6.07) is 4.30. The van der Waals surface area contributed by atoms with E-state index in [0.29, 0.717) is 5.56 Å². The maximum Gasteiger partial charge on any atom is 0.407 e. The minimum Gasteiger partial charge on any atom is -0.465 e. The van der Waals surface area contributed by atoms with Crippen LogP contribution in [-0.4, -0.2) is 47.5 Å². The van der Waals surface area contributed by atoms with Gasteiger partial charge in [-0.05, 0) is 17.7 Å². The molecule has 0 radical (unpaired) electrons. The van der Waals surface area contributed by atoms with Crippen molar-refractivity contribution in [2.24, 2.45) is 5.92 Å². The van der Waals surface area contributed by atoms with Crippen LogP contribution < -0.4 is 0 Å². The molecular weight excluding hydrogens is 289 g/mol. The third-order valence-corrected chi connectivity index (χ3v) is 3.63. The van der Waals surface area contributed by atoms with Crippen molar-refractivity contribution in [3.8, 4) is 0 Å². The number of carbonyl (C=O) groups is 1. The number of hydrogen-bond donors (Lipinski definition) is 2. The second kappa shape index (κ2) is 6.39. The number of halogens is 2. The normalized spacial score (nSPS) is 23.4. The largest absolute Gasteiger partial charge is 0.465 e. The molecule has 2 N–H and O–H groups in total. The summed E-state index contributed by atoms with van der Waals surface area (Å²) < 4.78 is 19.1. The highest BCUT2D eigenvalue weighted by Crippen LogP contribution is 2.31. The van der Waals surface area contributed by atoms with Crippen molar-refractivity contribution in [1.29, 1.82) is 0 Å². The molecule has 20 heavy (non-hydrogen) atoms. The Morgan fingerprint density at radius 2 is 2.30 bits per heavy atom. The SMILES string of the molecule is O=C(O)N1CCO[C@@H](c2ccc(Cl)c(F)c2)[C@H](CO)C1. The van der Waals surface area contributed by atoms with Crippen molar-refractivity contribution >= 4 is 17.7 Å². The molecule has 1 aliphatic rings. The van der Waals surface area contributed by atoms with E-state index in [4.69, 9.17) is 21.4 Å². The molecule has 7 heteroatoms. The van der Waals surface area contributed by atoms with Crippen LogP contribution in [0.3, 0.4) is 0 Å². The first-order valence-corrected chi connectivity index (χ1v) is 6.56. The number of aliphatic hydroxyl groups excluding tert-OH is 1. The van der Waals surface area contributed by atoms with Crippen LogP contribution in [0.2, 0.25) is 5.02 Å². The topological polar surface area (TPSA) is 70.0 Å². The maximum absolute atomic E-state index is 13.5. The molecule has 0 aromatic heterocycles. The Hall–Kier alpha value is -1.37. The maximum atomic E-state index is 13.5. The zero-order valence-corrected chi connectivity index (χ0v) is 11.4. The quantitative estimate of drug-likeness (QED) is 0.878. The lowest BCUT2D eigenvalue weighted by atomic mass is 9.96. The molecule has 1 heterocycles. The standard InChI is InChI=1S/C13H15ClFNO4/c14-10-2-1-8(5-11(10)15)12-9(7-17)6-16(13(18)19)3-4-20-12/h1-2,5,9,12,17H,3-4,6-7H2,(H,18,19)/t9-,12-/m0/s1. The van der Waals surface area contributed by atoms with Gasteiger partial charge in [0.1, 0.15) is 5.82 Å². The van der Waals surface area contributed by atoms with Crippen LogP contribution in [0, 0.1) is 11.7 Å².